The van der Waals surface area contributed by atoms with Crippen molar-refractivity contribution in [1.82, 2.24) is 10.2 Å². The summed E-state index contributed by atoms with van der Waals surface area (Å²) < 4.78 is 0. The van der Waals surface area contributed by atoms with E-state index in [1.165, 1.54) is 10.8 Å². The molecule has 154 valence electrons. The fraction of sp³-hybridized carbons (Fsp3) is 0.308. The van der Waals surface area contributed by atoms with E-state index in [0.717, 1.165) is 30.4 Å². The first-order valence-corrected chi connectivity index (χ1v) is 10.7. The Morgan fingerprint density at radius 3 is 2.37 bits per heavy atom. The lowest BCUT2D eigenvalue weighted by atomic mass is 10.00. The molecule has 2 unspecified atom stereocenters. The van der Waals surface area contributed by atoms with Crippen LogP contribution in [-0.4, -0.2) is 36.3 Å². The molecule has 1 saturated carbocycles. The van der Waals surface area contributed by atoms with Gasteiger partial charge in [-0.3, -0.25) is 9.59 Å². The Bertz CT molecular complexity index is 1060. The topological polar surface area (TPSA) is 49.4 Å². The molecule has 0 radical (unpaired) electrons. The molecule has 4 rings (SSSR count). The second kappa shape index (κ2) is 8.70. The molecule has 1 aliphatic rings. The van der Waals surface area contributed by atoms with E-state index in [9.17, 15) is 9.59 Å². The fourth-order valence-electron chi connectivity index (χ4n) is 4.41. The molecule has 1 N–H and O–H groups in total. The molecule has 0 spiro atoms. The van der Waals surface area contributed by atoms with Gasteiger partial charge in [0.15, 0.2) is 0 Å². The highest BCUT2D eigenvalue weighted by molar-refractivity contribution is 5.95. The lowest BCUT2D eigenvalue weighted by Crippen LogP contribution is -2.36. The number of nitrogens with one attached hydrogen (secondary N) is 1. The van der Waals surface area contributed by atoms with E-state index < -0.39 is 0 Å². The maximum absolute atomic E-state index is 13.0. The molecule has 3 aromatic carbocycles. The molecule has 2 amide bonds. The zero-order chi connectivity index (χ0) is 21.1. The Morgan fingerprint density at radius 2 is 1.63 bits per heavy atom. The number of hydrogen-bond donors (Lipinski definition) is 1. The molecule has 4 nitrogen and oxygen atoms in total. The number of benzene rings is 3. The van der Waals surface area contributed by atoms with Crippen LogP contribution in [0.25, 0.3) is 21.9 Å². The van der Waals surface area contributed by atoms with E-state index in [-0.39, 0.29) is 23.8 Å². The van der Waals surface area contributed by atoms with Gasteiger partial charge in [-0.1, -0.05) is 48.5 Å². The van der Waals surface area contributed by atoms with E-state index in [2.05, 4.69) is 35.6 Å². The van der Waals surface area contributed by atoms with Gasteiger partial charge < -0.3 is 10.2 Å². The van der Waals surface area contributed by atoms with Crippen LogP contribution in [-0.2, 0) is 4.79 Å². The molecule has 2 atom stereocenters. The minimum Gasteiger partial charge on any atom is -0.356 e. The van der Waals surface area contributed by atoms with Crippen molar-refractivity contribution in [2.45, 2.75) is 32.2 Å². The van der Waals surface area contributed by atoms with Gasteiger partial charge in [0.25, 0.3) is 5.91 Å². The minimum atomic E-state index is 0.0143. The second-order valence-corrected chi connectivity index (χ2v) is 8.11. The van der Waals surface area contributed by atoms with E-state index in [1.54, 1.807) is 0 Å². The standard InChI is InChI=1S/C26H28N2O2/c1-3-27-25(29)23-14-15-24(17-23)28(2)26(30)20-11-8-19(9-12-20)22-13-10-18-6-4-5-7-21(18)16-22/h4-13,16,23-24H,3,14-15,17H2,1-2H3,(H,27,29). The predicted molar refractivity (Wildman–Crippen MR) is 121 cm³/mol. The van der Waals surface area contributed by atoms with Gasteiger partial charge >= 0.3 is 0 Å². The van der Waals surface area contributed by atoms with Gasteiger partial charge in [0.1, 0.15) is 0 Å². The smallest absolute Gasteiger partial charge is 0.253 e. The number of amides is 2. The maximum Gasteiger partial charge on any atom is 0.253 e. The van der Waals surface area contributed by atoms with Gasteiger partial charge in [-0.05, 0) is 66.3 Å². The molecule has 3 aromatic rings. The highest BCUT2D eigenvalue weighted by atomic mass is 16.2. The highest BCUT2D eigenvalue weighted by Gasteiger charge is 2.33. The molecular formula is C26H28N2O2. The van der Waals surface area contributed by atoms with Crippen LogP contribution >= 0.6 is 0 Å². The van der Waals surface area contributed by atoms with Crippen LogP contribution in [0, 0.1) is 5.92 Å². The average Bonchev–Trinajstić information content (AvgIpc) is 3.28. The summed E-state index contributed by atoms with van der Waals surface area (Å²) in [6.07, 6.45) is 2.46. The summed E-state index contributed by atoms with van der Waals surface area (Å²) in [7, 11) is 1.85. The number of hydrogen-bond acceptors (Lipinski definition) is 2. The molecule has 0 aliphatic heterocycles. The van der Waals surface area contributed by atoms with Crippen molar-refractivity contribution in [1.29, 1.82) is 0 Å². The average molecular weight is 401 g/mol. The lowest BCUT2D eigenvalue weighted by molar-refractivity contribution is -0.124. The van der Waals surface area contributed by atoms with Crippen molar-refractivity contribution >= 4 is 22.6 Å². The summed E-state index contributed by atoms with van der Waals surface area (Å²) in [4.78, 5) is 26.9. The molecule has 1 fully saturated rings. The third-order valence-corrected chi connectivity index (χ3v) is 6.21. The van der Waals surface area contributed by atoms with Crippen LogP contribution in [0.15, 0.2) is 66.7 Å². The van der Waals surface area contributed by atoms with Gasteiger partial charge in [0.05, 0.1) is 0 Å². The van der Waals surface area contributed by atoms with Crippen molar-refractivity contribution < 1.29 is 9.59 Å². The zero-order valence-corrected chi connectivity index (χ0v) is 17.6. The van der Waals surface area contributed by atoms with E-state index in [4.69, 9.17) is 0 Å². The third kappa shape index (κ3) is 4.09. The Balaban J connectivity index is 1.45. The van der Waals surface area contributed by atoms with Crippen LogP contribution in [0.4, 0.5) is 0 Å². The largest absolute Gasteiger partial charge is 0.356 e. The normalized spacial score (nSPS) is 18.3. The number of rotatable bonds is 5. The van der Waals surface area contributed by atoms with Crippen LogP contribution in [0.2, 0.25) is 0 Å². The number of nitrogens with zero attached hydrogens (tertiary/aromatic N) is 1. The quantitative estimate of drug-likeness (QED) is 0.663. The van der Waals surface area contributed by atoms with Crippen molar-refractivity contribution in [2.75, 3.05) is 13.6 Å². The molecule has 0 bridgehead atoms. The van der Waals surface area contributed by atoms with Gasteiger partial charge in [-0.25, -0.2) is 0 Å². The number of carbonyl (C=O) groups is 2. The second-order valence-electron chi connectivity index (χ2n) is 8.11. The first-order chi connectivity index (χ1) is 14.6. The monoisotopic (exact) mass is 400 g/mol. The van der Waals surface area contributed by atoms with Crippen molar-refractivity contribution in [3.8, 4) is 11.1 Å². The Kier molecular flexibility index (Phi) is 5.84. The highest BCUT2D eigenvalue weighted by Crippen LogP contribution is 2.30. The van der Waals surface area contributed by atoms with Gasteiger partial charge in [0, 0.05) is 31.1 Å². The van der Waals surface area contributed by atoms with Gasteiger partial charge in [-0.2, -0.15) is 0 Å². The summed E-state index contributed by atoms with van der Waals surface area (Å²) in [6, 6.07) is 22.7. The molecule has 30 heavy (non-hydrogen) atoms. The maximum atomic E-state index is 13.0. The van der Waals surface area contributed by atoms with Crippen LogP contribution < -0.4 is 5.32 Å². The molecule has 1 aliphatic carbocycles. The lowest BCUT2D eigenvalue weighted by Gasteiger charge is -2.25. The number of fused-ring (bicyclic) bond motifs is 1. The Labute approximate surface area is 177 Å². The molecule has 0 heterocycles. The molecule has 0 saturated heterocycles. The van der Waals surface area contributed by atoms with E-state index >= 15 is 0 Å². The summed E-state index contributed by atoms with van der Waals surface area (Å²) in [5, 5.41) is 5.32. The SMILES string of the molecule is CCNC(=O)C1CCC(N(C)C(=O)c2ccc(-c3ccc4ccccc4c3)cc2)C1. The predicted octanol–water partition coefficient (Wildman–Crippen LogP) is 4.88. The van der Waals surface area contributed by atoms with E-state index in [0.29, 0.717) is 12.1 Å². The summed E-state index contributed by atoms with van der Waals surface area (Å²) in [5.74, 6) is 0.141. The fourth-order valence-corrected chi connectivity index (χ4v) is 4.41. The number of carbonyl (C=O) groups excluding carboxylic acids is 2. The van der Waals surface area contributed by atoms with Crippen molar-refractivity contribution in [3.05, 3.63) is 72.3 Å². The van der Waals surface area contributed by atoms with Gasteiger partial charge in [-0.15, -0.1) is 0 Å². The Morgan fingerprint density at radius 1 is 0.933 bits per heavy atom. The van der Waals surface area contributed by atoms with Crippen molar-refractivity contribution in [2.24, 2.45) is 5.92 Å². The third-order valence-electron chi connectivity index (χ3n) is 6.21. The first-order valence-electron chi connectivity index (χ1n) is 10.7. The Hall–Kier alpha value is -3.14. The van der Waals surface area contributed by atoms with Crippen LogP contribution in [0.1, 0.15) is 36.5 Å². The summed E-state index contributed by atoms with van der Waals surface area (Å²) >= 11 is 0. The van der Waals surface area contributed by atoms with Crippen LogP contribution in [0.3, 0.4) is 0 Å². The first kappa shape index (κ1) is 20.1. The zero-order valence-electron chi connectivity index (χ0n) is 17.6. The van der Waals surface area contributed by atoms with Crippen LogP contribution in [0.5, 0.6) is 0 Å². The molecular weight excluding hydrogens is 372 g/mol. The van der Waals surface area contributed by atoms with Gasteiger partial charge in [0.2, 0.25) is 5.91 Å². The summed E-state index contributed by atoms with van der Waals surface area (Å²) in [6.45, 7) is 2.58. The minimum absolute atomic E-state index is 0.0143. The molecule has 4 heteroatoms. The summed E-state index contributed by atoms with van der Waals surface area (Å²) in [5.41, 5.74) is 2.92. The van der Waals surface area contributed by atoms with Crippen molar-refractivity contribution in [3.63, 3.8) is 0 Å². The van der Waals surface area contributed by atoms with E-state index in [1.807, 2.05) is 55.3 Å². The molecule has 0 aromatic heterocycles.